The Morgan fingerprint density at radius 2 is 1.19 bits per heavy atom. The molecule has 2 aliphatic rings. The highest BCUT2D eigenvalue weighted by Crippen LogP contribution is 2.59. The van der Waals surface area contributed by atoms with Gasteiger partial charge < -0.3 is 18.9 Å². The van der Waals surface area contributed by atoms with E-state index in [9.17, 15) is 35.9 Å². The van der Waals surface area contributed by atoms with E-state index in [1.54, 1.807) is 62.4 Å². The molecule has 0 N–H and O–H groups in total. The molecule has 2 amide bonds. The fourth-order valence-electron chi connectivity index (χ4n) is 7.20. The Bertz CT molecular complexity index is 1980. The predicted molar refractivity (Wildman–Crippen MR) is 184 cm³/mol. The zero-order valence-electron chi connectivity index (χ0n) is 29.3. The first-order valence-corrected chi connectivity index (χ1v) is 17.3. The van der Waals surface area contributed by atoms with E-state index in [1.807, 2.05) is 0 Å². The van der Waals surface area contributed by atoms with Gasteiger partial charge in [-0.2, -0.15) is 26.3 Å². The Labute approximate surface area is 312 Å². The molecule has 4 aromatic rings. The van der Waals surface area contributed by atoms with Gasteiger partial charge in [0.1, 0.15) is 24.7 Å². The molecule has 2 saturated heterocycles. The summed E-state index contributed by atoms with van der Waals surface area (Å²) in [6.07, 6.45) is -9.48. The molecule has 0 spiro atoms. The van der Waals surface area contributed by atoms with Crippen LogP contribution in [-0.4, -0.2) is 48.0 Å². The van der Waals surface area contributed by atoms with Crippen molar-refractivity contribution in [1.82, 2.24) is 9.80 Å². The Hall–Kier alpha value is -4.79. The average molecular weight is 777 g/mol. The summed E-state index contributed by atoms with van der Waals surface area (Å²) in [6, 6.07) is 19.1. The average Bonchev–Trinajstić information content (AvgIpc) is 3.63. The largest absolute Gasteiger partial charge is 0.493 e. The Kier molecular flexibility index (Phi) is 10.7. The standard InChI is InChI=1S/C39H35ClF6N2O6/c1-4-51-32-15-8-6-12-29(32)36(47(34(49)22-53-36)20-25-11-10-14-28(24(25)3)39(44,45)46)37(30-13-7-9-16-33(30)52-5-2)48(35(50)23-54-37)21-26-19-27(38(41,42)43)17-18-31(26)40/h6-19H,4-5,20-23H2,1-3H3. The van der Waals surface area contributed by atoms with Gasteiger partial charge in [-0.05, 0) is 73.9 Å². The lowest BCUT2D eigenvalue weighted by Gasteiger charge is -2.52. The molecule has 0 aromatic heterocycles. The normalized spacial score (nSPS) is 20.6. The number of amides is 2. The van der Waals surface area contributed by atoms with Gasteiger partial charge in [-0.25, -0.2) is 0 Å². The van der Waals surface area contributed by atoms with E-state index in [1.165, 1.54) is 24.0 Å². The number of rotatable bonds is 11. The fraction of sp³-hybridized carbons (Fsp3) is 0.333. The SMILES string of the molecule is CCOc1ccccc1C1(C2(c3ccccc3OCC)OCC(=O)N2Cc2cccc(C(F)(F)F)c2C)OCC(=O)N1Cc1cc(C(F)(F)F)ccc1Cl. The predicted octanol–water partition coefficient (Wildman–Crippen LogP) is 8.61. The van der Waals surface area contributed by atoms with Gasteiger partial charge in [0, 0.05) is 11.6 Å². The van der Waals surface area contributed by atoms with Crippen molar-refractivity contribution in [2.24, 2.45) is 0 Å². The zero-order valence-corrected chi connectivity index (χ0v) is 30.1. The van der Waals surface area contributed by atoms with Gasteiger partial charge in [-0.3, -0.25) is 19.4 Å². The molecule has 15 heteroatoms. The minimum absolute atomic E-state index is 0.0988. The number of carbonyl (C=O) groups excluding carboxylic acids is 2. The number of carbonyl (C=O) groups is 2. The van der Waals surface area contributed by atoms with Crippen LogP contribution >= 0.6 is 11.6 Å². The Morgan fingerprint density at radius 1 is 0.685 bits per heavy atom. The van der Waals surface area contributed by atoms with Gasteiger partial charge in [0.2, 0.25) is 11.4 Å². The molecule has 0 bridgehead atoms. The highest BCUT2D eigenvalue weighted by Gasteiger charge is 2.71. The third-order valence-electron chi connectivity index (χ3n) is 9.52. The highest BCUT2D eigenvalue weighted by molar-refractivity contribution is 6.31. The number of para-hydroxylation sites is 2. The molecule has 0 aliphatic carbocycles. The molecule has 286 valence electrons. The third kappa shape index (κ3) is 6.64. The van der Waals surface area contributed by atoms with Crippen molar-refractivity contribution in [2.45, 2.75) is 57.7 Å². The van der Waals surface area contributed by atoms with Gasteiger partial charge in [0.15, 0.2) is 0 Å². The Balaban J connectivity index is 1.71. The first-order chi connectivity index (χ1) is 25.6. The molecule has 2 fully saturated rings. The van der Waals surface area contributed by atoms with Crippen LogP contribution in [0.25, 0.3) is 0 Å². The van der Waals surface area contributed by atoms with Crippen LogP contribution in [0.4, 0.5) is 26.3 Å². The van der Waals surface area contributed by atoms with Crippen LogP contribution in [0.5, 0.6) is 11.5 Å². The summed E-state index contributed by atoms with van der Waals surface area (Å²) in [5.41, 5.74) is -6.40. The third-order valence-corrected chi connectivity index (χ3v) is 9.88. The summed E-state index contributed by atoms with van der Waals surface area (Å²) in [4.78, 5) is 31.0. The number of halogens is 7. The van der Waals surface area contributed by atoms with Crippen LogP contribution in [0.2, 0.25) is 5.02 Å². The summed E-state index contributed by atoms with van der Waals surface area (Å²) in [5.74, 6) is -1.07. The van der Waals surface area contributed by atoms with Crippen LogP contribution in [0.3, 0.4) is 0 Å². The van der Waals surface area contributed by atoms with Crippen molar-refractivity contribution >= 4 is 23.4 Å². The monoisotopic (exact) mass is 776 g/mol. The molecule has 0 saturated carbocycles. The first-order valence-electron chi connectivity index (χ1n) is 16.9. The van der Waals surface area contributed by atoms with Crippen LogP contribution in [0.15, 0.2) is 84.9 Å². The van der Waals surface area contributed by atoms with Gasteiger partial charge in [0.25, 0.3) is 11.8 Å². The number of hydrogen-bond donors (Lipinski definition) is 0. The summed E-state index contributed by atoms with van der Waals surface area (Å²) >= 11 is 6.52. The number of hydrogen-bond acceptors (Lipinski definition) is 6. The highest BCUT2D eigenvalue weighted by atomic mass is 35.5. The maximum atomic E-state index is 14.3. The lowest BCUT2D eigenvalue weighted by molar-refractivity contribution is -0.286. The zero-order chi connectivity index (χ0) is 39.1. The summed E-state index contributed by atoms with van der Waals surface area (Å²) in [6.45, 7) is 2.60. The minimum atomic E-state index is -4.76. The molecule has 54 heavy (non-hydrogen) atoms. The van der Waals surface area contributed by atoms with E-state index in [0.29, 0.717) is 0 Å². The summed E-state index contributed by atoms with van der Waals surface area (Å²) < 4.78 is 110. The fourth-order valence-corrected chi connectivity index (χ4v) is 7.38. The number of nitrogens with zero attached hydrogens (tertiary/aromatic N) is 2. The quantitative estimate of drug-likeness (QED) is 0.142. The lowest BCUT2D eigenvalue weighted by Crippen LogP contribution is -2.65. The second-order valence-electron chi connectivity index (χ2n) is 12.6. The van der Waals surface area contributed by atoms with E-state index in [4.69, 9.17) is 30.5 Å². The Morgan fingerprint density at radius 3 is 1.67 bits per heavy atom. The van der Waals surface area contributed by atoms with Crippen LogP contribution in [0.1, 0.15) is 52.8 Å². The summed E-state index contributed by atoms with van der Waals surface area (Å²) in [7, 11) is 0. The van der Waals surface area contributed by atoms with Crippen molar-refractivity contribution < 1.29 is 54.9 Å². The van der Waals surface area contributed by atoms with Gasteiger partial charge in [-0.1, -0.05) is 60.1 Å². The van der Waals surface area contributed by atoms with Crippen LogP contribution < -0.4 is 9.47 Å². The van der Waals surface area contributed by atoms with Crippen molar-refractivity contribution in [3.8, 4) is 11.5 Å². The molecule has 8 nitrogen and oxygen atoms in total. The van der Waals surface area contributed by atoms with E-state index in [0.717, 1.165) is 29.2 Å². The van der Waals surface area contributed by atoms with E-state index >= 15 is 0 Å². The smallest absolute Gasteiger partial charge is 0.416 e. The van der Waals surface area contributed by atoms with E-state index < -0.39 is 73.0 Å². The number of ether oxygens (including phenoxy) is 4. The molecule has 2 heterocycles. The number of alkyl halides is 6. The molecule has 2 unspecified atom stereocenters. The van der Waals surface area contributed by atoms with Crippen molar-refractivity contribution in [1.29, 1.82) is 0 Å². The molecule has 2 aliphatic heterocycles. The second kappa shape index (κ2) is 14.8. The topological polar surface area (TPSA) is 77.5 Å². The van der Waals surface area contributed by atoms with Gasteiger partial charge in [0.05, 0.1) is 42.0 Å². The molecule has 2 atom stereocenters. The molecule has 4 aromatic carbocycles. The van der Waals surface area contributed by atoms with Crippen molar-refractivity contribution in [3.63, 3.8) is 0 Å². The second-order valence-corrected chi connectivity index (χ2v) is 13.0. The van der Waals surface area contributed by atoms with Crippen LogP contribution in [0, 0.1) is 6.92 Å². The molecular formula is C39H35ClF6N2O6. The molecular weight excluding hydrogens is 742 g/mol. The number of benzene rings is 4. The summed E-state index contributed by atoms with van der Waals surface area (Å²) in [5, 5.41) is -0.0988. The van der Waals surface area contributed by atoms with Crippen molar-refractivity contribution in [2.75, 3.05) is 26.4 Å². The van der Waals surface area contributed by atoms with E-state index in [2.05, 4.69) is 0 Å². The molecule has 6 rings (SSSR count). The van der Waals surface area contributed by atoms with Crippen LogP contribution in [-0.2, 0) is 56.0 Å². The minimum Gasteiger partial charge on any atom is -0.493 e. The van der Waals surface area contributed by atoms with Crippen molar-refractivity contribution in [3.05, 3.63) is 129 Å². The maximum absolute atomic E-state index is 14.3. The molecule has 0 radical (unpaired) electrons. The van der Waals surface area contributed by atoms with Gasteiger partial charge >= 0.3 is 12.4 Å². The maximum Gasteiger partial charge on any atom is 0.416 e. The van der Waals surface area contributed by atoms with E-state index in [-0.39, 0.29) is 57.6 Å². The lowest BCUT2D eigenvalue weighted by atomic mass is 9.81. The van der Waals surface area contributed by atoms with Gasteiger partial charge in [-0.15, -0.1) is 0 Å². The first kappa shape index (κ1) is 38.9.